The van der Waals surface area contributed by atoms with Crippen LogP contribution in [0.15, 0.2) is 12.1 Å². The van der Waals surface area contributed by atoms with Crippen LogP contribution in [0.3, 0.4) is 0 Å². The summed E-state index contributed by atoms with van der Waals surface area (Å²) in [6.45, 7) is 4.26. The first-order valence-corrected chi connectivity index (χ1v) is 7.03. The van der Waals surface area contributed by atoms with Gasteiger partial charge in [0.15, 0.2) is 0 Å². The number of halogens is 2. The van der Waals surface area contributed by atoms with Crippen molar-refractivity contribution < 1.29 is 9.31 Å². The third kappa shape index (κ3) is 3.02. The number of hydrogen-bond acceptors (Lipinski definition) is 4. The van der Waals surface area contributed by atoms with Crippen LogP contribution in [-0.2, 0) is 0 Å². The maximum absolute atomic E-state index is 13.7. The first-order valence-electron chi connectivity index (χ1n) is 6.65. The van der Waals surface area contributed by atoms with Crippen molar-refractivity contribution >= 4 is 23.0 Å². The largest absolute Gasteiger partial charge is 0.362 e. The maximum Gasteiger partial charge on any atom is 0.294 e. The maximum atomic E-state index is 13.7. The Labute approximate surface area is 121 Å². The molecular formula is C13H17ClFN3O2. The van der Waals surface area contributed by atoms with E-state index in [4.69, 9.17) is 11.6 Å². The van der Waals surface area contributed by atoms with Crippen LogP contribution in [0.4, 0.5) is 15.8 Å². The molecule has 110 valence electrons. The van der Waals surface area contributed by atoms with E-state index >= 15 is 0 Å². The Bertz CT molecular complexity index is 507. The molecule has 7 heteroatoms. The number of nitro benzene ring substituents is 1. The second-order valence-electron chi connectivity index (χ2n) is 4.85. The third-order valence-corrected chi connectivity index (χ3v) is 3.75. The SMILES string of the molecule is CCCN(c1cc(F)c(Cl)cc1[N+](=O)[O-])C1CCNC1. The van der Waals surface area contributed by atoms with Crippen LogP contribution in [0.1, 0.15) is 19.8 Å². The van der Waals surface area contributed by atoms with Gasteiger partial charge >= 0.3 is 0 Å². The summed E-state index contributed by atoms with van der Waals surface area (Å²) in [5.41, 5.74) is 0.171. The summed E-state index contributed by atoms with van der Waals surface area (Å²) >= 11 is 5.66. The van der Waals surface area contributed by atoms with Gasteiger partial charge in [-0.05, 0) is 19.4 Å². The van der Waals surface area contributed by atoms with Crippen molar-refractivity contribution in [3.8, 4) is 0 Å². The van der Waals surface area contributed by atoms with Crippen LogP contribution in [0.5, 0.6) is 0 Å². The van der Waals surface area contributed by atoms with Crippen molar-refractivity contribution in [3.05, 3.63) is 33.1 Å². The van der Waals surface area contributed by atoms with Gasteiger partial charge in [0.05, 0.1) is 9.95 Å². The van der Waals surface area contributed by atoms with E-state index in [1.807, 2.05) is 11.8 Å². The van der Waals surface area contributed by atoms with Crippen LogP contribution >= 0.6 is 11.6 Å². The highest BCUT2D eigenvalue weighted by Crippen LogP contribution is 2.35. The summed E-state index contributed by atoms with van der Waals surface area (Å²) in [6.07, 6.45) is 1.72. The highest BCUT2D eigenvalue weighted by molar-refractivity contribution is 6.31. The molecule has 1 N–H and O–H groups in total. The van der Waals surface area contributed by atoms with Crippen molar-refractivity contribution in [2.24, 2.45) is 0 Å². The van der Waals surface area contributed by atoms with E-state index in [0.29, 0.717) is 12.2 Å². The van der Waals surface area contributed by atoms with E-state index in [9.17, 15) is 14.5 Å². The number of nitro groups is 1. The Morgan fingerprint density at radius 2 is 2.35 bits per heavy atom. The van der Waals surface area contributed by atoms with Gasteiger partial charge in [0.1, 0.15) is 11.5 Å². The zero-order valence-electron chi connectivity index (χ0n) is 11.2. The van der Waals surface area contributed by atoms with Gasteiger partial charge in [0.2, 0.25) is 0 Å². The van der Waals surface area contributed by atoms with Gasteiger partial charge in [0, 0.05) is 31.3 Å². The number of nitrogens with zero attached hydrogens (tertiary/aromatic N) is 2. The topological polar surface area (TPSA) is 58.4 Å². The van der Waals surface area contributed by atoms with Crippen molar-refractivity contribution in [1.82, 2.24) is 5.32 Å². The summed E-state index contributed by atoms with van der Waals surface area (Å²) in [5.74, 6) is -0.626. The molecule has 0 aliphatic carbocycles. The molecule has 0 amide bonds. The molecule has 1 aliphatic rings. The van der Waals surface area contributed by atoms with Crippen LogP contribution in [0.2, 0.25) is 5.02 Å². The summed E-state index contributed by atoms with van der Waals surface area (Å²) in [4.78, 5) is 12.6. The van der Waals surface area contributed by atoms with E-state index in [1.54, 1.807) is 0 Å². The summed E-state index contributed by atoms with van der Waals surface area (Å²) in [5, 5.41) is 14.2. The summed E-state index contributed by atoms with van der Waals surface area (Å²) in [7, 11) is 0. The molecule has 0 radical (unpaired) electrons. The predicted octanol–water partition coefficient (Wildman–Crippen LogP) is 2.97. The molecule has 1 unspecified atom stereocenters. The van der Waals surface area contributed by atoms with Crippen molar-refractivity contribution in [2.45, 2.75) is 25.8 Å². The molecule has 5 nitrogen and oxygen atoms in total. The summed E-state index contributed by atoms with van der Waals surface area (Å²) in [6, 6.07) is 2.42. The minimum atomic E-state index is -0.626. The number of benzene rings is 1. The van der Waals surface area contributed by atoms with E-state index in [0.717, 1.165) is 32.0 Å². The molecule has 1 aromatic rings. The molecule has 0 saturated carbocycles. The standard InChI is InChI=1S/C13H17ClFN3O2/c1-2-5-17(9-3-4-16-8-9)12-7-11(15)10(14)6-13(12)18(19)20/h6-7,9,16H,2-5,8H2,1H3. The average Bonchev–Trinajstić information content (AvgIpc) is 2.92. The molecule has 2 rings (SSSR count). The second-order valence-corrected chi connectivity index (χ2v) is 5.26. The van der Waals surface area contributed by atoms with E-state index < -0.39 is 10.7 Å². The molecule has 0 bridgehead atoms. The van der Waals surface area contributed by atoms with Crippen LogP contribution in [0.25, 0.3) is 0 Å². The normalized spacial score (nSPS) is 18.2. The monoisotopic (exact) mass is 301 g/mol. The zero-order chi connectivity index (χ0) is 14.7. The molecule has 1 fully saturated rings. The first-order chi connectivity index (χ1) is 9.54. The molecular weight excluding hydrogens is 285 g/mol. The molecule has 1 heterocycles. The van der Waals surface area contributed by atoms with Gasteiger partial charge in [0.25, 0.3) is 5.69 Å². The van der Waals surface area contributed by atoms with Crippen molar-refractivity contribution in [2.75, 3.05) is 24.5 Å². The number of nitrogens with one attached hydrogen (secondary N) is 1. The van der Waals surface area contributed by atoms with E-state index in [1.165, 1.54) is 6.07 Å². The highest BCUT2D eigenvalue weighted by Gasteiger charge is 2.28. The highest BCUT2D eigenvalue weighted by atomic mass is 35.5. The van der Waals surface area contributed by atoms with Gasteiger partial charge in [-0.3, -0.25) is 10.1 Å². The second kappa shape index (κ2) is 6.37. The van der Waals surface area contributed by atoms with E-state index in [2.05, 4.69) is 5.32 Å². The van der Waals surface area contributed by atoms with Crippen molar-refractivity contribution in [1.29, 1.82) is 0 Å². The third-order valence-electron chi connectivity index (χ3n) is 3.46. The predicted molar refractivity (Wildman–Crippen MR) is 77.0 cm³/mol. The lowest BCUT2D eigenvalue weighted by Crippen LogP contribution is -2.38. The molecule has 0 spiro atoms. The van der Waals surface area contributed by atoms with Crippen LogP contribution < -0.4 is 10.2 Å². The molecule has 1 aliphatic heterocycles. The van der Waals surface area contributed by atoms with Gasteiger partial charge in [-0.15, -0.1) is 0 Å². The Hall–Kier alpha value is -1.40. The molecule has 0 aromatic heterocycles. The van der Waals surface area contributed by atoms with Gasteiger partial charge < -0.3 is 10.2 Å². The van der Waals surface area contributed by atoms with Crippen molar-refractivity contribution in [3.63, 3.8) is 0 Å². The molecule has 1 atom stereocenters. The van der Waals surface area contributed by atoms with Gasteiger partial charge in [-0.1, -0.05) is 18.5 Å². The number of anilines is 1. The Balaban J connectivity index is 2.45. The lowest BCUT2D eigenvalue weighted by molar-refractivity contribution is -0.384. The lowest BCUT2D eigenvalue weighted by Gasteiger charge is -2.30. The van der Waals surface area contributed by atoms with E-state index in [-0.39, 0.29) is 16.8 Å². The smallest absolute Gasteiger partial charge is 0.294 e. The number of hydrogen-bond donors (Lipinski definition) is 1. The fraction of sp³-hybridized carbons (Fsp3) is 0.538. The fourth-order valence-electron chi connectivity index (χ4n) is 2.55. The minimum Gasteiger partial charge on any atom is -0.362 e. The Kier molecular flexibility index (Phi) is 4.77. The molecule has 20 heavy (non-hydrogen) atoms. The van der Waals surface area contributed by atoms with Gasteiger partial charge in [-0.25, -0.2) is 4.39 Å². The lowest BCUT2D eigenvalue weighted by atomic mass is 10.1. The zero-order valence-corrected chi connectivity index (χ0v) is 12.0. The van der Waals surface area contributed by atoms with Gasteiger partial charge in [-0.2, -0.15) is 0 Å². The van der Waals surface area contributed by atoms with Crippen LogP contribution in [-0.4, -0.2) is 30.6 Å². The molecule has 1 aromatic carbocycles. The fourth-order valence-corrected chi connectivity index (χ4v) is 2.71. The Morgan fingerprint density at radius 3 is 2.90 bits per heavy atom. The Morgan fingerprint density at radius 1 is 1.60 bits per heavy atom. The first kappa shape index (κ1) is 15.0. The summed E-state index contributed by atoms with van der Waals surface area (Å²) < 4.78 is 13.7. The minimum absolute atomic E-state index is 0.142. The van der Waals surface area contributed by atoms with Crippen LogP contribution in [0, 0.1) is 15.9 Å². The molecule has 1 saturated heterocycles. The quantitative estimate of drug-likeness (QED) is 0.671. The number of rotatable bonds is 5. The average molecular weight is 302 g/mol.